The minimum atomic E-state index is -0.474. The SMILES string of the molecule is CCn1c(C)cc(C(=O)OCC(=O)Nc2cc(C)cc(C)c2)c1C. The first-order chi connectivity index (χ1) is 11.3. The Labute approximate surface area is 142 Å². The van der Waals surface area contributed by atoms with E-state index >= 15 is 0 Å². The molecule has 0 unspecified atom stereocenters. The molecule has 0 bridgehead atoms. The molecule has 1 aromatic heterocycles. The third kappa shape index (κ3) is 4.04. The van der Waals surface area contributed by atoms with Crippen molar-refractivity contribution in [2.24, 2.45) is 0 Å². The van der Waals surface area contributed by atoms with Crippen LogP contribution in [0.25, 0.3) is 0 Å². The number of nitrogens with zero attached hydrogens (tertiary/aromatic N) is 1. The molecule has 0 aliphatic carbocycles. The van der Waals surface area contributed by atoms with Crippen molar-refractivity contribution in [3.63, 3.8) is 0 Å². The first-order valence-corrected chi connectivity index (χ1v) is 8.03. The maximum atomic E-state index is 12.2. The zero-order chi connectivity index (χ0) is 17.9. The molecule has 0 saturated carbocycles. The van der Waals surface area contributed by atoms with E-state index in [1.165, 1.54) is 0 Å². The van der Waals surface area contributed by atoms with Crippen LogP contribution in [0, 0.1) is 27.7 Å². The number of hydrogen-bond donors (Lipinski definition) is 1. The van der Waals surface area contributed by atoms with Crippen molar-refractivity contribution in [1.82, 2.24) is 4.57 Å². The van der Waals surface area contributed by atoms with Crippen LogP contribution in [0.3, 0.4) is 0 Å². The van der Waals surface area contributed by atoms with E-state index in [0.717, 1.165) is 29.1 Å². The molecule has 24 heavy (non-hydrogen) atoms. The van der Waals surface area contributed by atoms with E-state index in [1.807, 2.05) is 57.4 Å². The van der Waals surface area contributed by atoms with Crippen molar-refractivity contribution in [2.45, 2.75) is 41.2 Å². The van der Waals surface area contributed by atoms with E-state index in [4.69, 9.17) is 4.74 Å². The Morgan fingerprint density at radius 1 is 1.04 bits per heavy atom. The van der Waals surface area contributed by atoms with Gasteiger partial charge in [0.1, 0.15) is 0 Å². The summed E-state index contributed by atoms with van der Waals surface area (Å²) < 4.78 is 7.19. The Hall–Kier alpha value is -2.56. The highest BCUT2D eigenvalue weighted by Crippen LogP contribution is 2.16. The number of benzene rings is 1. The normalized spacial score (nSPS) is 10.5. The van der Waals surface area contributed by atoms with E-state index in [0.29, 0.717) is 11.3 Å². The summed E-state index contributed by atoms with van der Waals surface area (Å²) in [4.78, 5) is 24.2. The maximum Gasteiger partial charge on any atom is 0.340 e. The number of carbonyl (C=O) groups is 2. The molecule has 0 spiro atoms. The van der Waals surface area contributed by atoms with Gasteiger partial charge < -0.3 is 14.6 Å². The van der Waals surface area contributed by atoms with Crippen LogP contribution in [0.5, 0.6) is 0 Å². The average molecular weight is 328 g/mol. The van der Waals surface area contributed by atoms with Gasteiger partial charge in [0.05, 0.1) is 5.56 Å². The van der Waals surface area contributed by atoms with E-state index in [2.05, 4.69) is 5.32 Å². The molecule has 5 heteroatoms. The highest BCUT2D eigenvalue weighted by molar-refractivity contribution is 5.96. The first kappa shape index (κ1) is 17.8. The van der Waals surface area contributed by atoms with E-state index in [-0.39, 0.29) is 12.5 Å². The zero-order valence-corrected chi connectivity index (χ0v) is 14.9. The minimum Gasteiger partial charge on any atom is -0.452 e. The Bertz CT molecular complexity index is 755. The summed E-state index contributed by atoms with van der Waals surface area (Å²) >= 11 is 0. The first-order valence-electron chi connectivity index (χ1n) is 8.03. The third-order valence-electron chi connectivity index (χ3n) is 3.95. The van der Waals surface area contributed by atoms with Gasteiger partial charge in [-0.05, 0) is 63.9 Å². The van der Waals surface area contributed by atoms with Crippen LogP contribution in [0.4, 0.5) is 5.69 Å². The second-order valence-electron chi connectivity index (χ2n) is 6.03. The molecule has 0 radical (unpaired) electrons. The van der Waals surface area contributed by atoms with Crippen molar-refractivity contribution < 1.29 is 14.3 Å². The number of esters is 1. The molecule has 1 amide bonds. The second kappa shape index (κ2) is 7.34. The largest absolute Gasteiger partial charge is 0.452 e. The van der Waals surface area contributed by atoms with Crippen molar-refractivity contribution in [1.29, 1.82) is 0 Å². The van der Waals surface area contributed by atoms with Gasteiger partial charge in [-0.2, -0.15) is 0 Å². The van der Waals surface area contributed by atoms with E-state index < -0.39 is 5.97 Å². The quantitative estimate of drug-likeness (QED) is 0.854. The molecule has 0 aliphatic heterocycles. The van der Waals surface area contributed by atoms with Gasteiger partial charge in [0.2, 0.25) is 0 Å². The van der Waals surface area contributed by atoms with Crippen LogP contribution in [0.15, 0.2) is 24.3 Å². The van der Waals surface area contributed by atoms with Gasteiger partial charge >= 0.3 is 5.97 Å². The number of ether oxygens (including phenoxy) is 1. The standard InChI is InChI=1S/C19H24N2O3/c1-6-21-14(4)10-17(15(21)5)19(23)24-11-18(22)20-16-8-12(2)7-13(3)9-16/h7-10H,6,11H2,1-5H3,(H,20,22). The number of rotatable bonds is 5. The fourth-order valence-corrected chi connectivity index (χ4v) is 2.95. The predicted octanol–water partition coefficient (Wildman–Crippen LogP) is 3.54. The fraction of sp³-hybridized carbons (Fsp3) is 0.368. The molecule has 0 atom stereocenters. The topological polar surface area (TPSA) is 60.3 Å². The number of hydrogen-bond acceptors (Lipinski definition) is 3. The van der Waals surface area contributed by atoms with Gasteiger partial charge in [-0.15, -0.1) is 0 Å². The fourth-order valence-electron chi connectivity index (χ4n) is 2.95. The molecule has 1 aromatic carbocycles. The van der Waals surface area contributed by atoms with Crippen LogP contribution in [0.2, 0.25) is 0 Å². The van der Waals surface area contributed by atoms with E-state index in [9.17, 15) is 9.59 Å². The monoisotopic (exact) mass is 328 g/mol. The Balaban J connectivity index is 1.97. The number of carbonyl (C=O) groups excluding carboxylic acids is 2. The average Bonchev–Trinajstić information content (AvgIpc) is 2.78. The van der Waals surface area contributed by atoms with E-state index in [1.54, 1.807) is 6.07 Å². The van der Waals surface area contributed by atoms with Crippen molar-refractivity contribution >= 4 is 17.6 Å². The summed E-state index contributed by atoms with van der Waals surface area (Å²) in [6, 6.07) is 7.57. The number of anilines is 1. The number of aromatic nitrogens is 1. The van der Waals surface area contributed by atoms with Gasteiger partial charge in [-0.25, -0.2) is 4.79 Å². The van der Waals surface area contributed by atoms with Crippen molar-refractivity contribution in [3.05, 3.63) is 52.3 Å². The van der Waals surface area contributed by atoms with Gasteiger partial charge in [0, 0.05) is 23.6 Å². The lowest BCUT2D eigenvalue weighted by atomic mass is 10.1. The highest BCUT2D eigenvalue weighted by Gasteiger charge is 2.17. The summed E-state index contributed by atoms with van der Waals surface area (Å²) in [7, 11) is 0. The number of amides is 1. The van der Waals surface area contributed by atoms with Crippen LogP contribution in [-0.2, 0) is 16.1 Å². The van der Waals surface area contributed by atoms with Gasteiger partial charge in [-0.1, -0.05) is 6.07 Å². The smallest absolute Gasteiger partial charge is 0.340 e. The Morgan fingerprint density at radius 3 is 2.21 bits per heavy atom. The third-order valence-corrected chi connectivity index (χ3v) is 3.95. The van der Waals surface area contributed by atoms with Crippen LogP contribution >= 0.6 is 0 Å². The van der Waals surface area contributed by atoms with Crippen molar-refractivity contribution in [3.8, 4) is 0 Å². The summed E-state index contributed by atoms with van der Waals surface area (Å²) in [5.41, 5.74) is 5.20. The molecule has 0 aliphatic rings. The molecule has 128 valence electrons. The Morgan fingerprint density at radius 2 is 1.67 bits per heavy atom. The lowest BCUT2D eigenvalue weighted by Crippen LogP contribution is -2.21. The molecule has 0 saturated heterocycles. The predicted molar refractivity (Wildman–Crippen MR) is 94.4 cm³/mol. The van der Waals surface area contributed by atoms with Gasteiger partial charge in [0.15, 0.2) is 6.61 Å². The summed E-state index contributed by atoms with van der Waals surface area (Å²) in [6.07, 6.45) is 0. The summed E-state index contributed by atoms with van der Waals surface area (Å²) in [5, 5.41) is 2.75. The summed E-state index contributed by atoms with van der Waals surface area (Å²) in [6.45, 7) is 10.3. The maximum absolute atomic E-state index is 12.2. The Kier molecular flexibility index (Phi) is 5.44. The van der Waals surface area contributed by atoms with Crippen molar-refractivity contribution in [2.75, 3.05) is 11.9 Å². The number of aryl methyl sites for hydroxylation is 3. The molecule has 2 rings (SSSR count). The molecular formula is C19H24N2O3. The molecule has 5 nitrogen and oxygen atoms in total. The van der Waals surface area contributed by atoms with Gasteiger partial charge in [0.25, 0.3) is 5.91 Å². The van der Waals surface area contributed by atoms with Gasteiger partial charge in [-0.3, -0.25) is 4.79 Å². The molecule has 0 fully saturated rings. The van der Waals surface area contributed by atoms with Crippen LogP contribution < -0.4 is 5.32 Å². The molecular weight excluding hydrogens is 304 g/mol. The molecule has 1 N–H and O–H groups in total. The van der Waals surface area contributed by atoms with Crippen LogP contribution in [0.1, 0.15) is 39.8 Å². The lowest BCUT2D eigenvalue weighted by Gasteiger charge is -2.09. The lowest BCUT2D eigenvalue weighted by molar-refractivity contribution is -0.119. The second-order valence-corrected chi connectivity index (χ2v) is 6.03. The minimum absolute atomic E-state index is 0.304. The molecule has 1 heterocycles. The van der Waals surface area contributed by atoms with Crippen LogP contribution in [-0.4, -0.2) is 23.1 Å². The number of nitrogens with one attached hydrogen (secondary N) is 1. The highest BCUT2D eigenvalue weighted by atomic mass is 16.5. The summed E-state index contributed by atoms with van der Waals surface area (Å²) in [5.74, 6) is -0.823. The zero-order valence-electron chi connectivity index (χ0n) is 14.9. The molecule has 2 aromatic rings.